The number of benzene rings is 2. The zero-order chi connectivity index (χ0) is 13.7. The van der Waals surface area contributed by atoms with Crippen LogP contribution in [0.3, 0.4) is 0 Å². The van der Waals surface area contributed by atoms with Crippen LogP contribution in [0, 0.1) is 11.3 Å². The van der Waals surface area contributed by atoms with Crippen LogP contribution in [0.5, 0.6) is 5.75 Å². The van der Waals surface area contributed by atoms with Gasteiger partial charge in [0, 0.05) is 12.1 Å². The monoisotopic (exact) mass is 252 g/mol. The van der Waals surface area contributed by atoms with Gasteiger partial charge in [-0.05, 0) is 24.6 Å². The third-order valence-electron chi connectivity index (χ3n) is 3.00. The Morgan fingerprint density at radius 1 is 1.16 bits per heavy atom. The molecule has 96 valence electrons. The van der Waals surface area contributed by atoms with Gasteiger partial charge < -0.3 is 10.1 Å². The number of hydrogen-bond donors (Lipinski definition) is 1. The predicted octanol–water partition coefficient (Wildman–Crippen LogP) is 3.74. The van der Waals surface area contributed by atoms with Crippen LogP contribution < -0.4 is 10.1 Å². The molecular weight excluding hydrogens is 236 g/mol. The van der Waals surface area contributed by atoms with E-state index in [-0.39, 0.29) is 6.04 Å². The quantitative estimate of drug-likeness (QED) is 0.901. The minimum Gasteiger partial charge on any atom is -0.495 e. The summed E-state index contributed by atoms with van der Waals surface area (Å²) in [7, 11) is 1.61. The van der Waals surface area contributed by atoms with Crippen molar-refractivity contribution in [1.29, 1.82) is 5.26 Å². The van der Waals surface area contributed by atoms with E-state index in [2.05, 4.69) is 30.4 Å². The Hall–Kier alpha value is -2.47. The number of anilines is 1. The molecule has 19 heavy (non-hydrogen) atoms. The molecule has 0 heterocycles. The molecule has 2 aromatic rings. The highest BCUT2D eigenvalue weighted by Gasteiger charge is 2.09. The summed E-state index contributed by atoms with van der Waals surface area (Å²) in [6.07, 6.45) is 0. The Kier molecular flexibility index (Phi) is 4.04. The highest BCUT2D eigenvalue weighted by Crippen LogP contribution is 2.29. The second-order valence-corrected chi connectivity index (χ2v) is 4.30. The van der Waals surface area contributed by atoms with Crippen LogP contribution in [0.4, 0.5) is 5.69 Å². The number of methoxy groups -OCH3 is 1. The van der Waals surface area contributed by atoms with Crippen LogP contribution in [-0.2, 0) is 0 Å². The van der Waals surface area contributed by atoms with Crippen molar-refractivity contribution in [2.75, 3.05) is 12.4 Å². The van der Waals surface area contributed by atoms with Crippen molar-refractivity contribution in [1.82, 2.24) is 0 Å². The van der Waals surface area contributed by atoms with E-state index in [1.165, 1.54) is 5.56 Å². The normalized spacial score (nSPS) is 11.4. The van der Waals surface area contributed by atoms with Crippen molar-refractivity contribution >= 4 is 5.69 Å². The molecule has 0 aromatic heterocycles. The summed E-state index contributed by atoms with van der Waals surface area (Å²) in [5, 5.41) is 12.3. The van der Waals surface area contributed by atoms with Gasteiger partial charge in [0.15, 0.2) is 0 Å². The Morgan fingerprint density at radius 3 is 2.53 bits per heavy atom. The van der Waals surface area contributed by atoms with Crippen LogP contribution in [0.15, 0.2) is 48.5 Å². The first-order valence-electron chi connectivity index (χ1n) is 6.14. The summed E-state index contributed by atoms with van der Waals surface area (Å²) in [5.41, 5.74) is 2.68. The van der Waals surface area contributed by atoms with Gasteiger partial charge in [-0.3, -0.25) is 0 Å². The summed E-state index contributed by atoms with van der Waals surface area (Å²) in [6, 6.07) is 17.9. The van der Waals surface area contributed by atoms with Gasteiger partial charge in [0.2, 0.25) is 0 Å². The first kappa shape index (κ1) is 13.0. The molecule has 2 rings (SSSR count). The van der Waals surface area contributed by atoms with E-state index in [1.54, 1.807) is 19.2 Å². The number of nitrogens with zero attached hydrogens (tertiary/aromatic N) is 1. The lowest BCUT2D eigenvalue weighted by Crippen LogP contribution is -2.07. The fraction of sp³-hybridized carbons (Fsp3) is 0.188. The van der Waals surface area contributed by atoms with Crippen LogP contribution >= 0.6 is 0 Å². The fourth-order valence-corrected chi connectivity index (χ4v) is 1.94. The lowest BCUT2D eigenvalue weighted by Gasteiger charge is -2.18. The number of rotatable bonds is 4. The minimum atomic E-state index is 0.169. The Morgan fingerprint density at radius 2 is 1.89 bits per heavy atom. The molecule has 0 saturated heterocycles. The average Bonchev–Trinajstić information content (AvgIpc) is 2.48. The van der Waals surface area contributed by atoms with Crippen molar-refractivity contribution in [2.24, 2.45) is 0 Å². The van der Waals surface area contributed by atoms with Crippen LogP contribution in [0.2, 0.25) is 0 Å². The predicted molar refractivity (Wildman–Crippen MR) is 76.2 cm³/mol. The second kappa shape index (κ2) is 5.92. The maximum Gasteiger partial charge on any atom is 0.143 e. The Labute approximate surface area is 113 Å². The molecular formula is C16H16N2O. The highest BCUT2D eigenvalue weighted by molar-refractivity contribution is 5.60. The van der Waals surface area contributed by atoms with E-state index < -0.39 is 0 Å². The molecule has 1 atom stereocenters. The van der Waals surface area contributed by atoms with Crippen molar-refractivity contribution in [2.45, 2.75) is 13.0 Å². The number of hydrogen-bond acceptors (Lipinski definition) is 3. The second-order valence-electron chi connectivity index (χ2n) is 4.30. The van der Waals surface area contributed by atoms with Gasteiger partial charge in [0.05, 0.1) is 24.4 Å². The first-order valence-corrected chi connectivity index (χ1v) is 6.14. The highest BCUT2D eigenvalue weighted by atomic mass is 16.5. The molecule has 3 nitrogen and oxygen atoms in total. The van der Waals surface area contributed by atoms with Crippen LogP contribution in [0.25, 0.3) is 0 Å². The molecule has 0 spiro atoms. The Balaban J connectivity index is 2.22. The fourth-order valence-electron chi connectivity index (χ4n) is 1.94. The molecule has 0 radical (unpaired) electrons. The third kappa shape index (κ3) is 3.05. The molecule has 0 amide bonds. The summed E-state index contributed by atoms with van der Waals surface area (Å²) >= 11 is 0. The zero-order valence-electron chi connectivity index (χ0n) is 11.1. The van der Waals surface area contributed by atoms with E-state index in [4.69, 9.17) is 10.00 Å². The molecule has 0 aliphatic rings. The molecule has 2 aromatic carbocycles. The van der Waals surface area contributed by atoms with Gasteiger partial charge in [-0.15, -0.1) is 0 Å². The first-order chi connectivity index (χ1) is 9.24. The van der Waals surface area contributed by atoms with Crippen molar-refractivity contribution in [3.05, 3.63) is 59.7 Å². The average molecular weight is 252 g/mol. The largest absolute Gasteiger partial charge is 0.495 e. The minimum absolute atomic E-state index is 0.169. The molecule has 0 bridgehead atoms. The molecule has 0 fully saturated rings. The maximum absolute atomic E-state index is 8.88. The zero-order valence-corrected chi connectivity index (χ0v) is 11.1. The van der Waals surface area contributed by atoms with Crippen molar-refractivity contribution < 1.29 is 4.74 Å². The van der Waals surface area contributed by atoms with Gasteiger partial charge in [0.25, 0.3) is 0 Å². The summed E-state index contributed by atoms with van der Waals surface area (Å²) in [6.45, 7) is 2.09. The van der Waals surface area contributed by atoms with E-state index in [0.29, 0.717) is 11.3 Å². The molecule has 0 aliphatic heterocycles. The summed E-state index contributed by atoms with van der Waals surface area (Å²) in [5.74, 6) is 0.682. The van der Waals surface area contributed by atoms with Gasteiger partial charge in [-0.25, -0.2) is 0 Å². The lowest BCUT2D eigenvalue weighted by atomic mass is 10.1. The summed E-state index contributed by atoms with van der Waals surface area (Å²) in [4.78, 5) is 0. The number of nitrogens with one attached hydrogen (secondary N) is 1. The maximum atomic E-state index is 8.88. The molecule has 0 aliphatic carbocycles. The molecule has 3 heteroatoms. The standard InChI is InChI=1S/C16H16N2O/c1-12(14-6-4-3-5-7-14)18-15-9-8-13(11-17)10-16(15)19-2/h3-10,12,18H,1-2H3. The smallest absolute Gasteiger partial charge is 0.143 e. The SMILES string of the molecule is COc1cc(C#N)ccc1NC(C)c1ccccc1. The van der Waals surface area contributed by atoms with E-state index in [9.17, 15) is 0 Å². The Bertz CT molecular complexity index is 587. The lowest BCUT2D eigenvalue weighted by molar-refractivity contribution is 0.416. The third-order valence-corrected chi connectivity index (χ3v) is 3.00. The van der Waals surface area contributed by atoms with Gasteiger partial charge in [-0.2, -0.15) is 5.26 Å². The van der Waals surface area contributed by atoms with Crippen LogP contribution in [0.1, 0.15) is 24.1 Å². The number of ether oxygens (including phenoxy) is 1. The van der Waals surface area contributed by atoms with E-state index in [0.717, 1.165) is 5.69 Å². The van der Waals surface area contributed by atoms with E-state index in [1.807, 2.05) is 24.3 Å². The summed E-state index contributed by atoms with van der Waals surface area (Å²) < 4.78 is 5.31. The molecule has 1 N–H and O–H groups in total. The number of nitriles is 1. The van der Waals surface area contributed by atoms with Gasteiger partial charge in [0.1, 0.15) is 5.75 Å². The molecule has 1 unspecified atom stereocenters. The van der Waals surface area contributed by atoms with Gasteiger partial charge in [-0.1, -0.05) is 30.3 Å². The molecule has 0 saturated carbocycles. The van der Waals surface area contributed by atoms with Crippen molar-refractivity contribution in [3.8, 4) is 11.8 Å². The van der Waals surface area contributed by atoms with Gasteiger partial charge >= 0.3 is 0 Å². The topological polar surface area (TPSA) is 45.0 Å². The van der Waals surface area contributed by atoms with Crippen LogP contribution in [-0.4, -0.2) is 7.11 Å². The van der Waals surface area contributed by atoms with E-state index >= 15 is 0 Å². The van der Waals surface area contributed by atoms with Crippen molar-refractivity contribution in [3.63, 3.8) is 0 Å².